The predicted octanol–water partition coefficient (Wildman–Crippen LogP) is 0.455. The van der Waals surface area contributed by atoms with Gasteiger partial charge in [0, 0.05) is 13.0 Å². The first kappa shape index (κ1) is 9.17. The van der Waals surface area contributed by atoms with Gasteiger partial charge in [-0.15, -0.1) is 6.58 Å². The standard InChI is InChI=1S/C7H13NO2/c1-2-5-10-6-3-4-7(8)9/h2H,1,3-6H2,(H2,8,9). The van der Waals surface area contributed by atoms with E-state index in [1.807, 2.05) is 0 Å². The van der Waals surface area contributed by atoms with Crippen molar-refractivity contribution in [3.63, 3.8) is 0 Å². The van der Waals surface area contributed by atoms with E-state index in [2.05, 4.69) is 6.58 Å². The van der Waals surface area contributed by atoms with Crippen molar-refractivity contribution in [2.75, 3.05) is 13.2 Å². The third-order valence-electron chi connectivity index (χ3n) is 0.948. The number of nitrogens with two attached hydrogens (primary N) is 1. The van der Waals surface area contributed by atoms with Crippen LogP contribution in [0.2, 0.25) is 0 Å². The van der Waals surface area contributed by atoms with Gasteiger partial charge >= 0.3 is 0 Å². The summed E-state index contributed by atoms with van der Waals surface area (Å²) in [4.78, 5) is 10.2. The van der Waals surface area contributed by atoms with Gasteiger partial charge in [0.25, 0.3) is 0 Å². The molecule has 0 rings (SSSR count). The summed E-state index contributed by atoms with van der Waals surface area (Å²) < 4.78 is 5.01. The molecular formula is C7H13NO2. The average molecular weight is 143 g/mol. The molecule has 0 aromatic heterocycles. The summed E-state index contributed by atoms with van der Waals surface area (Å²) in [5.74, 6) is -0.276. The van der Waals surface area contributed by atoms with Crippen LogP contribution < -0.4 is 5.73 Å². The lowest BCUT2D eigenvalue weighted by atomic mass is 10.3. The Kier molecular flexibility index (Phi) is 5.77. The molecule has 0 aromatic rings. The first-order chi connectivity index (χ1) is 4.77. The summed E-state index contributed by atoms with van der Waals surface area (Å²) in [5.41, 5.74) is 4.89. The van der Waals surface area contributed by atoms with Crippen LogP contribution in [0.5, 0.6) is 0 Å². The Morgan fingerprint density at radius 3 is 2.90 bits per heavy atom. The van der Waals surface area contributed by atoms with Gasteiger partial charge in [-0.25, -0.2) is 0 Å². The average Bonchev–Trinajstić information content (AvgIpc) is 1.87. The van der Waals surface area contributed by atoms with Crippen LogP contribution in [0.3, 0.4) is 0 Å². The molecule has 0 spiro atoms. The molecule has 0 fully saturated rings. The van der Waals surface area contributed by atoms with Crippen LogP contribution in [0, 0.1) is 0 Å². The van der Waals surface area contributed by atoms with Gasteiger partial charge in [-0.3, -0.25) is 4.79 Å². The molecular weight excluding hydrogens is 130 g/mol. The number of primary amides is 1. The summed E-state index contributed by atoms with van der Waals surface area (Å²) in [6, 6.07) is 0. The van der Waals surface area contributed by atoms with Gasteiger partial charge in [-0.05, 0) is 6.42 Å². The minimum Gasteiger partial charge on any atom is -0.377 e. The second kappa shape index (κ2) is 6.29. The van der Waals surface area contributed by atoms with Crippen LogP contribution in [0.25, 0.3) is 0 Å². The zero-order valence-corrected chi connectivity index (χ0v) is 6.01. The van der Waals surface area contributed by atoms with E-state index in [4.69, 9.17) is 10.5 Å². The van der Waals surface area contributed by atoms with Crippen molar-refractivity contribution in [3.8, 4) is 0 Å². The van der Waals surface area contributed by atoms with Gasteiger partial charge in [0.1, 0.15) is 0 Å². The van der Waals surface area contributed by atoms with E-state index in [0.29, 0.717) is 26.1 Å². The van der Waals surface area contributed by atoms with E-state index in [-0.39, 0.29) is 5.91 Å². The smallest absolute Gasteiger partial charge is 0.217 e. The van der Waals surface area contributed by atoms with Crippen molar-refractivity contribution in [2.45, 2.75) is 12.8 Å². The van der Waals surface area contributed by atoms with Crippen molar-refractivity contribution in [1.82, 2.24) is 0 Å². The number of hydrogen-bond acceptors (Lipinski definition) is 2. The highest BCUT2D eigenvalue weighted by atomic mass is 16.5. The largest absolute Gasteiger partial charge is 0.377 e. The number of hydrogen-bond donors (Lipinski definition) is 1. The van der Waals surface area contributed by atoms with Crippen molar-refractivity contribution < 1.29 is 9.53 Å². The van der Waals surface area contributed by atoms with Crippen LogP contribution in [0.1, 0.15) is 12.8 Å². The first-order valence-electron chi connectivity index (χ1n) is 3.24. The molecule has 0 aliphatic carbocycles. The van der Waals surface area contributed by atoms with Crippen LogP contribution in [0.15, 0.2) is 12.7 Å². The van der Waals surface area contributed by atoms with Crippen LogP contribution in [-0.2, 0) is 9.53 Å². The van der Waals surface area contributed by atoms with Gasteiger partial charge < -0.3 is 10.5 Å². The molecule has 0 bridgehead atoms. The molecule has 0 atom stereocenters. The maximum absolute atomic E-state index is 10.2. The minimum atomic E-state index is -0.276. The Morgan fingerprint density at radius 2 is 2.40 bits per heavy atom. The lowest BCUT2D eigenvalue weighted by Gasteiger charge is -1.97. The summed E-state index contributed by atoms with van der Waals surface area (Å²) in [6.45, 7) is 4.60. The SMILES string of the molecule is C=CCOCCCC(N)=O. The monoisotopic (exact) mass is 143 g/mol. The molecule has 0 radical (unpaired) electrons. The van der Waals surface area contributed by atoms with E-state index in [0.717, 1.165) is 0 Å². The molecule has 0 heterocycles. The van der Waals surface area contributed by atoms with Crippen molar-refractivity contribution >= 4 is 5.91 Å². The highest BCUT2D eigenvalue weighted by molar-refractivity contribution is 5.73. The first-order valence-corrected chi connectivity index (χ1v) is 3.24. The molecule has 0 aromatic carbocycles. The Labute approximate surface area is 60.9 Å². The molecule has 0 aliphatic heterocycles. The molecule has 10 heavy (non-hydrogen) atoms. The van der Waals surface area contributed by atoms with Crippen LogP contribution >= 0.6 is 0 Å². The molecule has 0 saturated heterocycles. The predicted molar refractivity (Wildman–Crippen MR) is 39.4 cm³/mol. The maximum atomic E-state index is 10.2. The van der Waals surface area contributed by atoms with Gasteiger partial charge in [-0.2, -0.15) is 0 Å². The number of carbonyl (C=O) groups is 1. The fourth-order valence-corrected chi connectivity index (χ4v) is 0.515. The van der Waals surface area contributed by atoms with Gasteiger partial charge in [0.05, 0.1) is 6.61 Å². The molecule has 2 N–H and O–H groups in total. The quantitative estimate of drug-likeness (QED) is 0.433. The highest BCUT2D eigenvalue weighted by Crippen LogP contribution is 1.87. The Hall–Kier alpha value is -0.830. The number of rotatable bonds is 6. The highest BCUT2D eigenvalue weighted by Gasteiger charge is 1.92. The Bertz CT molecular complexity index is 112. The fourth-order valence-electron chi connectivity index (χ4n) is 0.515. The lowest BCUT2D eigenvalue weighted by molar-refractivity contribution is -0.118. The summed E-state index contributed by atoms with van der Waals surface area (Å²) in [5, 5.41) is 0. The molecule has 1 amide bonds. The second-order valence-electron chi connectivity index (χ2n) is 1.93. The van der Waals surface area contributed by atoms with E-state index >= 15 is 0 Å². The normalized spacial score (nSPS) is 9.20. The zero-order chi connectivity index (χ0) is 7.82. The van der Waals surface area contributed by atoms with Crippen molar-refractivity contribution in [2.24, 2.45) is 5.73 Å². The van der Waals surface area contributed by atoms with Gasteiger partial charge in [-0.1, -0.05) is 6.08 Å². The zero-order valence-electron chi connectivity index (χ0n) is 6.01. The maximum Gasteiger partial charge on any atom is 0.217 e. The van der Waals surface area contributed by atoms with Crippen molar-refractivity contribution in [3.05, 3.63) is 12.7 Å². The Balaban J connectivity index is 2.90. The topological polar surface area (TPSA) is 52.3 Å². The van der Waals surface area contributed by atoms with E-state index < -0.39 is 0 Å². The number of amides is 1. The number of carbonyl (C=O) groups excluding carboxylic acids is 1. The van der Waals surface area contributed by atoms with Crippen LogP contribution in [-0.4, -0.2) is 19.1 Å². The number of ether oxygens (including phenoxy) is 1. The van der Waals surface area contributed by atoms with Gasteiger partial charge in [0.15, 0.2) is 0 Å². The Morgan fingerprint density at radius 1 is 1.70 bits per heavy atom. The molecule has 0 aliphatic rings. The van der Waals surface area contributed by atoms with Crippen LogP contribution in [0.4, 0.5) is 0 Å². The molecule has 0 saturated carbocycles. The third kappa shape index (κ3) is 7.17. The van der Waals surface area contributed by atoms with Gasteiger partial charge in [0.2, 0.25) is 5.91 Å². The molecule has 0 unspecified atom stereocenters. The second-order valence-corrected chi connectivity index (χ2v) is 1.93. The summed E-state index contributed by atoms with van der Waals surface area (Å²) in [7, 11) is 0. The summed E-state index contributed by atoms with van der Waals surface area (Å²) in [6.07, 6.45) is 2.77. The van der Waals surface area contributed by atoms with Crippen molar-refractivity contribution in [1.29, 1.82) is 0 Å². The summed E-state index contributed by atoms with van der Waals surface area (Å²) >= 11 is 0. The van der Waals surface area contributed by atoms with E-state index in [9.17, 15) is 4.79 Å². The third-order valence-corrected chi connectivity index (χ3v) is 0.948. The lowest BCUT2D eigenvalue weighted by Crippen LogP contribution is -2.11. The minimum absolute atomic E-state index is 0.276. The molecule has 3 nitrogen and oxygen atoms in total. The van der Waals surface area contributed by atoms with E-state index in [1.54, 1.807) is 6.08 Å². The fraction of sp³-hybridized carbons (Fsp3) is 0.571. The van der Waals surface area contributed by atoms with E-state index in [1.165, 1.54) is 0 Å². The molecule has 58 valence electrons. The molecule has 3 heteroatoms.